The summed E-state index contributed by atoms with van der Waals surface area (Å²) >= 11 is 6.12. The molecule has 5 heteroatoms. The van der Waals surface area contributed by atoms with E-state index >= 15 is 0 Å². The van der Waals surface area contributed by atoms with Crippen LogP contribution in [0.15, 0.2) is 47.3 Å². The highest BCUT2D eigenvalue weighted by molar-refractivity contribution is 6.31. The van der Waals surface area contributed by atoms with E-state index in [9.17, 15) is 4.79 Å². The molecule has 2 aromatic carbocycles. The zero-order valence-corrected chi connectivity index (χ0v) is 13.1. The first-order chi connectivity index (χ1) is 10.6. The number of methoxy groups -OCH3 is 1. The van der Waals surface area contributed by atoms with Gasteiger partial charge < -0.3 is 4.74 Å². The van der Waals surface area contributed by atoms with Crippen molar-refractivity contribution in [1.82, 2.24) is 9.55 Å². The van der Waals surface area contributed by atoms with Crippen molar-refractivity contribution in [2.24, 2.45) is 0 Å². The monoisotopic (exact) mass is 314 g/mol. The lowest BCUT2D eigenvalue weighted by molar-refractivity contribution is 0.414. The summed E-state index contributed by atoms with van der Waals surface area (Å²) in [5.74, 6) is 0.680. The zero-order chi connectivity index (χ0) is 15.7. The molecule has 0 radical (unpaired) electrons. The number of hydrogen-bond acceptors (Lipinski definition) is 3. The Morgan fingerprint density at radius 3 is 2.77 bits per heavy atom. The number of hydrogen-bond donors (Lipinski definition) is 0. The maximum atomic E-state index is 12.5. The van der Waals surface area contributed by atoms with E-state index in [0.717, 1.165) is 16.6 Å². The molecular formula is C17H15ClN2O2. The fraction of sp³-hybridized carbons (Fsp3) is 0.176. The number of aryl methyl sites for hydroxylation is 1. The Kier molecular flexibility index (Phi) is 3.86. The predicted octanol–water partition coefficient (Wildman–Crippen LogP) is 3.61. The van der Waals surface area contributed by atoms with Crippen molar-refractivity contribution in [3.8, 4) is 11.4 Å². The van der Waals surface area contributed by atoms with Gasteiger partial charge in [-0.25, -0.2) is 4.79 Å². The van der Waals surface area contributed by atoms with E-state index in [-0.39, 0.29) is 5.69 Å². The molecule has 4 nitrogen and oxygen atoms in total. The van der Waals surface area contributed by atoms with Gasteiger partial charge in [0.2, 0.25) is 0 Å². The molecule has 0 bridgehead atoms. The molecule has 1 aromatic heterocycles. The summed E-state index contributed by atoms with van der Waals surface area (Å²) < 4.78 is 6.79. The molecule has 0 fully saturated rings. The molecule has 0 saturated carbocycles. The molecule has 0 N–H and O–H groups in total. The smallest absolute Gasteiger partial charge is 0.352 e. The van der Waals surface area contributed by atoms with Gasteiger partial charge in [0, 0.05) is 16.5 Å². The maximum absolute atomic E-state index is 12.5. The van der Waals surface area contributed by atoms with E-state index in [1.807, 2.05) is 37.3 Å². The Morgan fingerprint density at radius 1 is 1.23 bits per heavy atom. The number of halogens is 1. The number of fused-ring (bicyclic) bond motifs is 1. The van der Waals surface area contributed by atoms with Gasteiger partial charge in [0.05, 0.1) is 24.0 Å². The van der Waals surface area contributed by atoms with Crippen molar-refractivity contribution in [2.45, 2.75) is 13.3 Å². The van der Waals surface area contributed by atoms with Crippen LogP contribution in [-0.2, 0) is 6.42 Å². The molecule has 0 unspecified atom stereocenters. The van der Waals surface area contributed by atoms with Crippen molar-refractivity contribution in [3.05, 3.63) is 63.7 Å². The molecule has 0 spiro atoms. The first-order valence-corrected chi connectivity index (χ1v) is 7.37. The minimum absolute atomic E-state index is 0.320. The van der Waals surface area contributed by atoms with Gasteiger partial charge in [-0.05, 0) is 36.8 Å². The second-order valence-electron chi connectivity index (χ2n) is 4.89. The highest BCUT2D eigenvalue weighted by Gasteiger charge is 2.12. The Hall–Kier alpha value is -2.33. The maximum Gasteiger partial charge on any atom is 0.352 e. The van der Waals surface area contributed by atoms with Crippen LogP contribution in [0.5, 0.6) is 5.75 Å². The van der Waals surface area contributed by atoms with Crippen LogP contribution in [0, 0.1) is 0 Å². The fourth-order valence-electron chi connectivity index (χ4n) is 2.53. The highest BCUT2D eigenvalue weighted by atomic mass is 35.5. The fourth-order valence-corrected chi connectivity index (χ4v) is 2.70. The standard InChI is InChI=1S/C17H15ClN2O2/c1-3-15-14-8-7-11(18)9-16(14)20(17(21)19-15)12-5-4-6-13(10-12)22-2/h4-10H,3H2,1-2H3. The van der Waals surface area contributed by atoms with Crippen LogP contribution < -0.4 is 10.4 Å². The molecule has 0 aliphatic carbocycles. The molecule has 22 heavy (non-hydrogen) atoms. The van der Waals surface area contributed by atoms with Gasteiger partial charge in [0.25, 0.3) is 0 Å². The molecule has 112 valence electrons. The largest absolute Gasteiger partial charge is 0.497 e. The number of ether oxygens (including phenoxy) is 1. The minimum atomic E-state index is -0.320. The number of benzene rings is 2. The van der Waals surface area contributed by atoms with Crippen LogP contribution in [-0.4, -0.2) is 16.7 Å². The van der Waals surface area contributed by atoms with E-state index in [0.29, 0.717) is 22.9 Å². The van der Waals surface area contributed by atoms with Crippen LogP contribution in [0.25, 0.3) is 16.6 Å². The third-order valence-electron chi connectivity index (χ3n) is 3.58. The van der Waals surface area contributed by atoms with Crippen molar-refractivity contribution >= 4 is 22.5 Å². The summed E-state index contributed by atoms with van der Waals surface area (Å²) in [7, 11) is 1.59. The molecule has 0 atom stereocenters. The van der Waals surface area contributed by atoms with Crippen LogP contribution >= 0.6 is 11.6 Å². The second-order valence-corrected chi connectivity index (χ2v) is 5.33. The normalized spacial score (nSPS) is 10.9. The van der Waals surface area contributed by atoms with Crippen LogP contribution in [0.4, 0.5) is 0 Å². The summed E-state index contributed by atoms with van der Waals surface area (Å²) in [6, 6.07) is 12.8. The molecule has 3 aromatic rings. The molecular weight excluding hydrogens is 300 g/mol. The van der Waals surface area contributed by atoms with Gasteiger partial charge in [-0.3, -0.25) is 4.57 Å². The average molecular weight is 315 g/mol. The predicted molar refractivity (Wildman–Crippen MR) is 88.3 cm³/mol. The molecule has 1 heterocycles. The van der Waals surface area contributed by atoms with E-state index in [2.05, 4.69) is 4.98 Å². The summed E-state index contributed by atoms with van der Waals surface area (Å²) in [6.45, 7) is 1.98. The van der Waals surface area contributed by atoms with E-state index in [1.165, 1.54) is 0 Å². The first kappa shape index (κ1) is 14.6. The molecule has 0 saturated heterocycles. The summed E-state index contributed by atoms with van der Waals surface area (Å²) in [6.07, 6.45) is 0.687. The quantitative estimate of drug-likeness (QED) is 0.742. The summed E-state index contributed by atoms with van der Waals surface area (Å²) in [5, 5.41) is 1.51. The van der Waals surface area contributed by atoms with Gasteiger partial charge >= 0.3 is 5.69 Å². The van der Waals surface area contributed by atoms with Crippen molar-refractivity contribution < 1.29 is 4.74 Å². The second kappa shape index (κ2) is 5.81. The van der Waals surface area contributed by atoms with Crippen LogP contribution in [0.1, 0.15) is 12.6 Å². The summed E-state index contributed by atoms with van der Waals surface area (Å²) in [5.41, 5.74) is 1.90. The Labute approximate surface area is 132 Å². The Bertz CT molecular complexity index is 903. The lowest BCUT2D eigenvalue weighted by Crippen LogP contribution is -2.23. The van der Waals surface area contributed by atoms with E-state index in [1.54, 1.807) is 23.8 Å². The topological polar surface area (TPSA) is 44.1 Å². The first-order valence-electron chi connectivity index (χ1n) is 6.99. The van der Waals surface area contributed by atoms with Crippen molar-refractivity contribution in [1.29, 1.82) is 0 Å². The van der Waals surface area contributed by atoms with Gasteiger partial charge in [-0.2, -0.15) is 4.98 Å². The molecule has 0 aliphatic rings. The molecule has 3 rings (SSSR count). The SMILES string of the molecule is CCc1nc(=O)n(-c2cccc(OC)c2)c2cc(Cl)ccc12. The van der Waals surface area contributed by atoms with Gasteiger partial charge in [-0.1, -0.05) is 24.6 Å². The van der Waals surface area contributed by atoms with Crippen molar-refractivity contribution in [3.63, 3.8) is 0 Å². The lowest BCUT2D eigenvalue weighted by Gasteiger charge is -2.13. The molecule has 0 amide bonds. The van der Waals surface area contributed by atoms with Gasteiger partial charge in [0.1, 0.15) is 5.75 Å². The van der Waals surface area contributed by atoms with Crippen LogP contribution in [0.2, 0.25) is 5.02 Å². The Morgan fingerprint density at radius 2 is 2.05 bits per heavy atom. The summed E-state index contributed by atoms with van der Waals surface area (Å²) in [4.78, 5) is 16.7. The van der Waals surface area contributed by atoms with Crippen molar-refractivity contribution in [2.75, 3.05) is 7.11 Å². The number of nitrogens with zero attached hydrogens (tertiary/aromatic N) is 2. The van der Waals surface area contributed by atoms with Crippen LogP contribution in [0.3, 0.4) is 0 Å². The molecule has 0 aliphatic heterocycles. The number of rotatable bonds is 3. The Balaban J connectivity index is 2.40. The van der Waals surface area contributed by atoms with E-state index in [4.69, 9.17) is 16.3 Å². The van der Waals surface area contributed by atoms with Gasteiger partial charge in [-0.15, -0.1) is 0 Å². The van der Waals surface area contributed by atoms with Gasteiger partial charge in [0.15, 0.2) is 0 Å². The third-order valence-corrected chi connectivity index (χ3v) is 3.81. The van der Waals surface area contributed by atoms with E-state index < -0.39 is 0 Å². The number of aromatic nitrogens is 2. The lowest BCUT2D eigenvalue weighted by atomic mass is 10.1. The average Bonchev–Trinajstić information content (AvgIpc) is 2.53. The highest BCUT2D eigenvalue weighted by Crippen LogP contribution is 2.24. The minimum Gasteiger partial charge on any atom is -0.497 e. The zero-order valence-electron chi connectivity index (χ0n) is 12.3. The third kappa shape index (κ3) is 2.46.